The minimum Gasteiger partial charge on any atom is -0.388 e. The summed E-state index contributed by atoms with van der Waals surface area (Å²) < 4.78 is 7.21. The Labute approximate surface area is 259 Å². The predicted octanol–water partition coefficient (Wildman–Crippen LogP) is 4.09. The van der Waals surface area contributed by atoms with Crippen LogP contribution in [-0.4, -0.2) is 67.0 Å². The van der Waals surface area contributed by atoms with Gasteiger partial charge >= 0.3 is 0 Å². The van der Waals surface area contributed by atoms with Gasteiger partial charge in [-0.15, -0.1) is 0 Å². The van der Waals surface area contributed by atoms with Crippen LogP contribution in [0.1, 0.15) is 35.1 Å². The Morgan fingerprint density at radius 3 is 2.23 bits per heavy atom. The molecule has 0 bridgehead atoms. The van der Waals surface area contributed by atoms with Crippen LogP contribution in [0, 0.1) is 0 Å². The van der Waals surface area contributed by atoms with Crippen LogP contribution in [0.25, 0.3) is 11.2 Å². The highest BCUT2D eigenvalue weighted by molar-refractivity contribution is 6.28. The number of fused-ring (bicyclic) bond motifs is 1. The molecule has 0 saturated heterocycles. The molecule has 6 rings (SSSR count). The van der Waals surface area contributed by atoms with Crippen molar-refractivity contribution < 1.29 is 19.7 Å². The summed E-state index contributed by atoms with van der Waals surface area (Å²) in [7, 11) is 0. The third kappa shape index (κ3) is 6.58. The molecule has 1 aliphatic carbocycles. The van der Waals surface area contributed by atoms with Crippen LogP contribution in [0.4, 0.5) is 5.82 Å². The topological polar surface area (TPSA) is 134 Å². The van der Waals surface area contributed by atoms with Gasteiger partial charge in [0, 0.05) is 12.5 Å². The maximum absolute atomic E-state index is 12.6. The van der Waals surface area contributed by atoms with Crippen molar-refractivity contribution in [3.63, 3.8) is 0 Å². The minimum absolute atomic E-state index is 0.0196. The Kier molecular flexibility index (Phi) is 9.13. The van der Waals surface area contributed by atoms with Gasteiger partial charge in [0.1, 0.15) is 18.8 Å². The molecule has 44 heavy (non-hydrogen) atoms. The van der Waals surface area contributed by atoms with Crippen LogP contribution >= 0.6 is 11.6 Å². The van der Waals surface area contributed by atoms with E-state index in [1.165, 1.54) is 0 Å². The Bertz CT molecular complexity index is 1650. The van der Waals surface area contributed by atoms with E-state index in [-0.39, 0.29) is 30.1 Å². The molecular formula is C33H33ClN6O4. The number of hydrogen-bond acceptors (Lipinski definition) is 8. The van der Waals surface area contributed by atoms with Crippen molar-refractivity contribution in [2.45, 2.75) is 43.2 Å². The van der Waals surface area contributed by atoms with Gasteiger partial charge in [0.05, 0.1) is 25.0 Å². The number of halogens is 1. The lowest BCUT2D eigenvalue weighted by Crippen LogP contribution is -2.44. The summed E-state index contributed by atoms with van der Waals surface area (Å²) in [5.74, 6) is 0.122. The Morgan fingerprint density at radius 2 is 1.57 bits per heavy atom. The van der Waals surface area contributed by atoms with Crippen LogP contribution in [0.5, 0.6) is 0 Å². The van der Waals surface area contributed by atoms with Crippen molar-refractivity contribution in [3.8, 4) is 0 Å². The third-order valence-corrected chi connectivity index (χ3v) is 8.14. The van der Waals surface area contributed by atoms with Gasteiger partial charge in [-0.2, -0.15) is 9.97 Å². The van der Waals surface area contributed by atoms with Gasteiger partial charge in [0.15, 0.2) is 17.0 Å². The average molecular weight is 613 g/mol. The molecule has 0 radical (unpaired) electrons. The van der Waals surface area contributed by atoms with Crippen LogP contribution in [0.2, 0.25) is 5.28 Å². The number of nitrogens with one attached hydrogen (secondary N) is 2. The zero-order chi connectivity index (χ0) is 30.5. The first-order chi connectivity index (χ1) is 21.5. The lowest BCUT2D eigenvalue weighted by atomic mass is 9.91. The van der Waals surface area contributed by atoms with Crippen molar-refractivity contribution in [1.82, 2.24) is 24.8 Å². The van der Waals surface area contributed by atoms with Crippen LogP contribution in [0.3, 0.4) is 0 Å². The number of ether oxygens (including phenoxy) is 1. The molecule has 0 spiro atoms. The van der Waals surface area contributed by atoms with Crippen LogP contribution in [-0.2, 0) is 16.1 Å². The second kappa shape index (κ2) is 13.5. The number of aliphatic hydroxyl groups excluding tert-OH is 2. The van der Waals surface area contributed by atoms with Crippen molar-refractivity contribution in [2.24, 2.45) is 0 Å². The van der Waals surface area contributed by atoms with E-state index in [2.05, 4.69) is 49.9 Å². The Hall–Kier alpha value is -4.35. The number of nitrogens with zero attached hydrogens (tertiary/aromatic N) is 4. The molecule has 10 nitrogen and oxygen atoms in total. The van der Waals surface area contributed by atoms with Gasteiger partial charge in [-0.05, 0) is 34.7 Å². The van der Waals surface area contributed by atoms with Gasteiger partial charge < -0.3 is 30.2 Å². The fraction of sp³-hybridized carbons (Fsp3) is 0.273. The second-order valence-corrected chi connectivity index (χ2v) is 11.2. The summed E-state index contributed by atoms with van der Waals surface area (Å²) >= 11 is 6.38. The number of anilines is 1. The van der Waals surface area contributed by atoms with E-state index >= 15 is 0 Å². The normalized spacial score (nSPS) is 19.8. The quantitative estimate of drug-likeness (QED) is 0.164. The maximum atomic E-state index is 12.6. The number of aromatic nitrogens is 4. The molecule has 5 aromatic rings. The molecule has 2 heterocycles. The summed E-state index contributed by atoms with van der Waals surface area (Å²) in [4.78, 5) is 26.0. The molecule has 11 heteroatoms. The number of imidazole rings is 1. The van der Waals surface area contributed by atoms with Gasteiger partial charge in [-0.25, -0.2) is 4.98 Å². The summed E-state index contributed by atoms with van der Waals surface area (Å²) in [5.41, 5.74) is 4.15. The molecule has 1 saturated carbocycles. The zero-order valence-electron chi connectivity index (χ0n) is 23.8. The monoisotopic (exact) mass is 612 g/mol. The molecule has 0 aliphatic heterocycles. The number of amides is 1. The van der Waals surface area contributed by atoms with E-state index in [4.69, 9.17) is 16.3 Å². The number of carbonyl (C=O) groups is 1. The average Bonchev–Trinajstić information content (AvgIpc) is 3.58. The van der Waals surface area contributed by atoms with E-state index < -0.39 is 24.3 Å². The van der Waals surface area contributed by atoms with Gasteiger partial charge in [0.25, 0.3) is 0 Å². The largest absolute Gasteiger partial charge is 0.388 e. The number of hydrogen-bond donors (Lipinski definition) is 4. The maximum Gasteiger partial charge on any atom is 0.246 e. The van der Waals surface area contributed by atoms with Crippen LogP contribution in [0.15, 0.2) is 97.3 Å². The highest BCUT2D eigenvalue weighted by Crippen LogP contribution is 2.35. The molecule has 226 valence electrons. The lowest BCUT2D eigenvalue weighted by Gasteiger charge is -2.20. The molecule has 1 fully saturated rings. The fourth-order valence-electron chi connectivity index (χ4n) is 5.76. The van der Waals surface area contributed by atoms with Gasteiger partial charge in [0.2, 0.25) is 11.2 Å². The minimum atomic E-state index is -1.19. The first-order valence-electron chi connectivity index (χ1n) is 14.5. The van der Waals surface area contributed by atoms with E-state index in [1.807, 2.05) is 66.7 Å². The van der Waals surface area contributed by atoms with Crippen molar-refractivity contribution in [3.05, 3.63) is 119 Å². The van der Waals surface area contributed by atoms with Crippen molar-refractivity contribution >= 4 is 34.5 Å². The summed E-state index contributed by atoms with van der Waals surface area (Å²) in [6, 6.07) is 28.7. The first kappa shape index (κ1) is 29.7. The SMILES string of the molecule is O=C(COCc1ccccc1)N[C@H]1C[C@@H](n2cnc3c(NCC(c4ccccc4)c4ccccc4)nc(Cl)nc32)[C@H](O)[C@@H]1O. The van der Waals surface area contributed by atoms with Crippen molar-refractivity contribution in [1.29, 1.82) is 0 Å². The van der Waals surface area contributed by atoms with E-state index in [1.54, 1.807) is 10.9 Å². The van der Waals surface area contributed by atoms with E-state index in [9.17, 15) is 15.0 Å². The Balaban J connectivity index is 1.16. The summed E-state index contributed by atoms with van der Waals surface area (Å²) in [6.07, 6.45) is -0.552. The zero-order valence-corrected chi connectivity index (χ0v) is 24.6. The fourth-order valence-corrected chi connectivity index (χ4v) is 5.93. The molecule has 4 N–H and O–H groups in total. The molecule has 0 unspecified atom stereocenters. The smallest absolute Gasteiger partial charge is 0.246 e. The summed E-state index contributed by atoms with van der Waals surface area (Å²) in [6.45, 7) is 0.647. The first-order valence-corrected chi connectivity index (χ1v) is 14.9. The van der Waals surface area contributed by atoms with Gasteiger partial charge in [-0.1, -0.05) is 91.0 Å². The summed E-state index contributed by atoms with van der Waals surface area (Å²) in [5, 5.41) is 28.0. The molecule has 4 atom stereocenters. The number of rotatable bonds is 11. The lowest BCUT2D eigenvalue weighted by molar-refractivity contribution is -0.127. The van der Waals surface area contributed by atoms with Crippen LogP contribution < -0.4 is 10.6 Å². The molecular weight excluding hydrogens is 580 g/mol. The standard InChI is InChI=1S/C33H33ClN6O4/c34-33-38-31(35-17-24(22-12-6-2-7-13-22)23-14-8-3-9-15-23)28-32(39-33)40(20-36-28)26-16-25(29(42)30(26)43)37-27(41)19-44-18-21-10-4-1-5-11-21/h1-15,20,24-26,29-30,42-43H,16-19H2,(H,37,41)(H,35,38,39)/t25-,26+,29+,30-/m0/s1. The number of aliphatic hydroxyl groups is 2. The second-order valence-electron chi connectivity index (χ2n) is 10.9. The van der Waals surface area contributed by atoms with Gasteiger partial charge in [-0.3, -0.25) is 4.79 Å². The molecule has 2 aromatic heterocycles. The number of carbonyl (C=O) groups excluding carboxylic acids is 1. The third-order valence-electron chi connectivity index (χ3n) is 7.97. The Morgan fingerprint density at radius 1 is 0.932 bits per heavy atom. The van der Waals surface area contributed by atoms with Crippen molar-refractivity contribution in [2.75, 3.05) is 18.5 Å². The molecule has 1 aliphatic rings. The van der Waals surface area contributed by atoms with E-state index in [0.29, 0.717) is 30.1 Å². The predicted molar refractivity (Wildman–Crippen MR) is 167 cm³/mol. The molecule has 3 aromatic carbocycles. The highest BCUT2D eigenvalue weighted by atomic mass is 35.5. The molecule has 1 amide bonds. The number of benzene rings is 3. The highest BCUT2D eigenvalue weighted by Gasteiger charge is 2.44. The van der Waals surface area contributed by atoms with E-state index in [0.717, 1.165) is 16.7 Å².